The summed E-state index contributed by atoms with van der Waals surface area (Å²) in [6.45, 7) is 5.17. The van der Waals surface area contributed by atoms with Crippen LogP contribution in [0.5, 0.6) is 0 Å². The summed E-state index contributed by atoms with van der Waals surface area (Å²) in [7, 11) is 0. The topological polar surface area (TPSA) is 15.3 Å². The van der Waals surface area contributed by atoms with Crippen molar-refractivity contribution in [2.45, 2.75) is 25.8 Å². The van der Waals surface area contributed by atoms with Crippen molar-refractivity contribution in [2.75, 3.05) is 25.0 Å². The van der Waals surface area contributed by atoms with Gasteiger partial charge in [0.2, 0.25) is 0 Å². The highest BCUT2D eigenvalue weighted by Crippen LogP contribution is 2.23. The first-order chi connectivity index (χ1) is 8.70. The second-order valence-corrected chi connectivity index (χ2v) is 5.97. The molecule has 1 aliphatic heterocycles. The van der Waals surface area contributed by atoms with E-state index in [1.165, 1.54) is 27.7 Å². The first kappa shape index (κ1) is 13.7. The van der Waals surface area contributed by atoms with E-state index in [9.17, 15) is 0 Å². The van der Waals surface area contributed by atoms with Crippen molar-refractivity contribution in [2.24, 2.45) is 0 Å². The van der Waals surface area contributed by atoms with Gasteiger partial charge >= 0.3 is 0 Å². The Kier molecular flexibility index (Phi) is 4.90. The molecule has 1 aromatic rings. The van der Waals surface area contributed by atoms with Crippen molar-refractivity contribution in [3.8, 4) is 12.3 Å². The van der Waals surface area contributed by atoms with E-state index in [-0.39, 0.29) is 0 Å². The van der Waals surface area contributed by atoms with Crippen molar-refractivity contribution in [3.05, 3.63) is 27.3 Å². The van der Waals surface area contributed by atoms with Crippen LogP contribution in [0.4, 0.5) is 5.69 Å². The van der Waals surface area contributed by atoms with Crippen molar-refractivity contribution in [3.63, 3.8) is 0 Å². The number of anilines is 1. The molecule has 0 bridgehead atoms. The summed E-state index contributed by atoms with van der Waals surface area (Å²) in [5, 5.41) is 3.67. The van der Waals surface area contributed by atoms with E-state index in [4.69, 9.17) is 6.42 Å². The molecule has 0 saturated carbocycles. The van der Waals surface area contributed by atoms with E-state index in [2.05, 4.69) is 63.9 Å². The predicted molar refractivity (Wildman–Crippen MR) is 85.8 cm³/mol. The molecular formula is C15H19IN2. The lowest BCUT2D eigenvalue weighted by atomic mass is 10.0. The van der Waals surface area contributed by atoms with E-state index in [0.717, 1.165) is 19.6 Å². The summed E-state index contributed by atoms with van der Waals surface area (Å²) in [6.07, 6.45) is 7.69. The number of hydrogen-bond acceptors (Lipinski definition) is 2. The van der Waals surface area contributed by atoms with Gasteiger partial charge in [-0.2, -0.15) is 0 Å². The molecule has 1 aromatic carbocycles. The Balaban J connectivity index is 1.92. The SMILES string of the molecule is C#CCN1CCC(Nc2cccc(I)c2C)CC1. The molecule has 0 spiro atoms. The van der Waals surface area contributed by atoms with Gasteiger partial charge in [-0.3, -0.25) is 4.90 Å². The van der Waals surface area contributed by atoms with Crippen LogP contribution >= 0.6 is 22.6 Å². The Bertz CT molecular complexity index is 442. The molecule has 1 fully saturated rings. The van der Waals surface area contributed by atoms with Crippen molar-refractivity contribution < 1.29 is 0 Å². The van der Waals surface area contributed by atoms with Crippen LogP contribution in [0.15, 0.2) is 18.2 Å². The van der Waals surface area contributed by atoms with E-state index in [0.29, 0.717) is 6.04 Å². The van der Waals surface area contributed by atoms with Crippen molar-refractivity contribution >= 4 is 28.3 Å². The largest absolute Gasteiger partial charge is 0.382 e. The summed E-state index contributed by atoms with van der Waals surface area (Å²) < 4.78 is 1.32. The van der Waals surface area contributed by atoms with Crippen LogP contribution in [0.2, 0.25) is 0 Å². The molecule has 18 heavy (non-hydrogen) atoms. The maximum atomic E-state index is 5.35. The number of rotatable bonds is 3. The molecule has 0 amide bonds. The standard InChI is InChI=1S/C15H19IN2/c1-3-9-18-10-7-13(8-11-18)17-15-6-4-5-14(16)12(15)2/h1,4-6,13,17H,7-11H2,2H3. The average Bonchev–Trinajstić information content (AvgIpc) is 2.38. The number of nitrogens with one attached hydrogen (secondary N) is 1. The van der Waals surface area contributed by atoms with E-state index < -0.39 is 0 Å². The first-order valence-electron chi connectivity index (χ1n) is 6.38. The molecule has 0 unspecified atom stereocenters. The number of benzene rings is 1. The Labute approximate surface area is 123 Å². The number of piperidine rings is 1. The second kappa shape index (κ2) is 6.44. The molecule has 1 heterocycles. The minimum atomic E-state index is 0.580. The zero-order chi connectivity index (χ0) is 13.0. The van der Waals surface area contributed by atoms with E-state index >= 15 is 0 Å². The molecule has 2 nitrogen and oxygen atoms in total. The van der Waals surface area contributed by atoms with Gasteiger partial charge in [-0.25, -0.2) is 0 Å². The van der Waals surface area contributed by atoms with Crippen LogP contribution in [-0.4, -0.2) is 30.6 Å². The molecule has 0 aromatic heterocycles. The molecule has 2 rings (SSSR count). The highest BCUT2D eigenvalue weighted by molar-refractivity contribution is 14.1. The fourth-order valence-corrected chi connectivity index (χ4v) is 2.85. The van der Waals surface area contributed by atoms with Crippen molar-refractivity contribution in [1.82, 2.24) is 4.90 Å². The Hall–Kier alpha value is -0.730. The zero-order valence-corrected chi connectivity index (χ0v) is 12.9. The summed E-state index contributed by atoms with van der Waals surface area (Å²) in [4.78, 5) is 2.35. The maximum absolute atomic E-state index is 5.35. The molecule has 1 saturated heterocycles. The Morgan fingerprint density at radius 1 is 1.44 bits per heavy atom. The normalized spacial score (nSPS) is 17.4. The number of hydrogen-bond donors (Lipinski definition) is 1. The molecule has 1 N–H and O–H groups in total. The van der Waals surface area contributed by atoms with Gasteiger partial charge in [-0.1, -0.05) is 12.0 Å². The maximum Gasteiger partial charge on any atom is 0.0598 e. The Morgan fingerprint density at radius 2 is 2.17 bits per heavy atom. The molecule has 0 radical (unpaired) electrons. The number of likely N-dealkylation sites (tertiary alicyclic amines) is 1. The van der Waals surface area contributed by atoms with Gasteiger partial charge in [-0.05, 0) is 60.1 Å². The molecule has 0 atom stereocenters. The summed E-state index contributed by atoms with van der Waals surface area (Å²) in [5.74, 6) is 2.72. The fraction of sp³-hybridized carbons (Fsp3) is 0.467. The summed E-state index contributed by atoms with van der Waals surface area (Å²) in [6, 6.07) is 7.02. The minimum Gasteiger partial charge on any atom is -0.382 e. The molecule has 0 aliphatic carbocycles. The van der Waals surface area contributed by atoms with Crippen LogP contribution in [0, 0.1) is 22.8 Å². The van der Waals surface area contributed by atoms with Gasteiger partial charge in [0.05, 0.1) is 6.54 Å². The van der Waals surface area contributed by atoms with Crippen LogP contribution in [0.1, 0.15) is 18.4 Å². The highest BCUT2D eigenvalue weighted by atomic mass is 127. The smallest absolute Gasteiger partial charge is 0.0598 e. The monoisotopic (exact) mass is 354 g/mol. The zero-order valence-electron chi connectivity index (χ0n) is 10.7. The molecular weight excluding hydrogens is 335 g/mol. The third-order valence-corrected chi connectivity index (χ3v) is 4.70. The van der Waals surface area contributed by atoms with Gasteiger partial charge in [0, 0.05) is 28.4 Å². The summed E-state index contributed by atoms with van der Waals surface area (Å²) >= 11 is 2.39. The van der Waals surface area contributed by atoms with Crippen LogP contribution in [0.25, 0.3) is 0 Å². The molecule has 3 heteroatoms. The van der Waals surface area contributed by atoms with E-state index in [1.54, 1.807) is 0 Å². The molecule has 96 valence electrons. The van der Waals surface area contributed by atoms with Gasteiger partial charge in [0.15, 0.2) is 0 Å². The summed E-state index contributed by atoms with van der Waals surface area (Å²) in [5.41, 5.74) is 2.63. The van der Waals surface area contributed by atoms with Crippen LogP contribution in [0.3, 0.4) is 0 Å². The third kappa shape index (κ3) is 3.39. The van der Waals surface area contributed by atoms with Crippen molar-refractivity contribution in [1.29, 1.82) is 0 Å². The number of halogens is 1. The molecule has 1 aliphatic rings. The van der Waals surface area contributed by atoms with Gasteiger partial charge in [0.1, 0.15) is 0 Å². The van der Waals surface area contributed by atoms with E-state index in [1.807, 2.05) is 0 Å². The highest BCUT2D eigenvalue weighted by Gasteiger charge is 2.18. The van der Waals surface area contributed by atoms with Gasteiger partial charge in [-0.15, -0.1) is 6.42 Å². The predicted octanol–water partition coefficient (Wildman–Crippen LogP) is 3.11. The van der Waals surface area contributed by atoms with Gasteiger partial charge in [0.25, 0.3) is 0 Å². The second-order valence-electron chi connectivity index (χ2n) is 4.81. The lowest BCUT2D eigenvalue weighted by molar-refractivity contribution is 0.243. The fourth-order valence-electron chi connectivity index (χ4n) is 2.35. The van der Waals surface area contributed by atoms with Gasteiger partial charge < -0.3 is 5.32 Å². The lowest BCUT2D eigenvalue weighted by Gasteiger charge is -2.32. The minimum absolute atomic E-state index is 0.580. The first-order valence-corrected chi connectivity index (χ1v) is 7.46. The Morgan fingerprint density at radius 3 is 2.83 bits per heavy atom. The quantitative estimate of drug-likeness (QED) is 0.663. The van der Waals surface area contributed by atoms with Crippen LogP contribution < -0.4 is 5.32 Å². The van der Waals surface area contributed by atoms with Crippen LogP contribution in [-0.2, 0) is 0 Å². The lowest BCUT2D eigenvalue weighted by Crippen LogP contribution is -2.39. The average molecular weight is 354 g/mol. The third-order valence-electron chi connectivity index (χ3n) is 3.53. The number of nitrogens with zero attached hydrogens (tertiary/aromatic N) is 1. The number of terminal acetylenes is 1.